The van der Waals surface area contributed by atoms with Crippen LogP contribution < -0.4 is 4.57 Å². The highest BCUT2D eigenvalue weighted by molar-refractivity contribution is 4.83. The van der Waals surface area contributed by atoms with Gasteiger partial charge in [0.15, 0.2) is 12.4 Å². The molecule has 0 spiro atoms. The average Bonchev–Trinajstić information content (AvgIpc) is 1.69. The Hall–Kier alpha value is -0.850. The van der Waals surface area contributed by atoms with Crippen LogP contribution in [0.2, 0.25) is 0 Å². The van der Waals surface area contributed by atoms with E-state index in [1.807, 2.05) is 42.2 Å². The summed E-state index contributed by atoms with van der Waals surface area (Å²) in [6.07, 6.45) is 4.00. The Labute approximate surface area is 50.6 Å². The standard InChI is InChI=1S/C6H8N.CH3/c1-7-5-3-2-4-6-7;/h2-6H,1H3;1H3/q+1;-1. The lowest BCUT2D eigenvalue weighted by atomic mass is 10.5. The molecular weight excluding hydrogens is 98.1 g/mol. The molecule has 1 nitrogen and oxygen atoms in total. The van der Waals surface area contributed by atoms with E-state index in [-0.39, 0.29) is 7.43 Å². The summed E-state index contributed by atoms with van der Waals surface area (Å²) in [6.45, 7) is 0. The molecule has 0 aromatic carbocycles. The first-order chi connectivity index (χ1) is 3.39. The molecule has 0 aliphatic heterocycles. The van der Waals surface area contributed by atoms with Gasteiger partial charge in [0.2, 0.25) is 0 Å². The van der Waals surface area contributed by atoms with Crippen LogP contribution in [0.5, 0.6) is 0 Å². The van der Waals surface area contributed by atoms with Crippen molar-refractivity contribution in [2.24, 2.45) is 7.05 Å². The van der Waals surface area contributed by atoms with Gasteiger partial charge in [0.1, 0.15) is 7.05 Å². The first kappa shape index (κ1) is 7.15. The van der Waals surface area contributed by atoms with Gasteiger partial charge >= 0.3 is 0 Å². The summed E-state index contributed by atoms with van der Waals surface area (Å²) in [7, 11) is 2.00. The molecule has 0 fully saturated rings. The zero-order chi connectivity index (χ0) is 5.11. The predicted molar refractivity (Wildman–Crippen MR) is 34.0 cm³/mol. The molecule has 1 heteroatoms. The molecule has 0 bridgehead atoms. The van der Waals surface area contributed by atoms with Gasteiger partial charge in [0.25, 0.3) is 0 Å². The van der Waals surface area contributed by atoms with Gasteiger partial charge in [-0.15, -0.1) is 0 Å². The number of aryl methyl sites for hydroxylation is 1. The van der Waals surface area contributed by atoms with Crippen molar-refractivity contribution >= 4 is 0 Å². The van der Waals surface area contributed by atoms with E-state index in [0.29, 0.717) is 0 Å². The molecule has 0 aliphatic carbocycles. The first-order valence-electron chi connectivity index (χ1n) is 2.30. The van der Waals surface area contributed by atoms with E-state index in [1.54, 1.807) is 0 Å². The maximum absolute atomic E-state index is 2.00. The number of aromatic nitrogens is 1. The van der Waals surface area contributed by atoms with Gasteiger partial charge < -0.3 is 7.43 Å². The smallest absolute Gasteiger partial charge is 0.168 e. The van der Waals surface area contributed by atoms with Gasteiger partial charge in [-0.2, -0.15) is 0 Å². The minimum Gasteiger partial charge on any atom is -0.358 e. The molecule has 0 saturated heterocycles. The van der Waals surface area contributed by atoms with Gasteiger partial charge in [-0.25, -0.2) is 4.57 Å². The zero-order valence-electron chi connectivity index (χ0n) is 5.33. The predicted octanol–water partition coefficient (Wildman–Crippen LogP) is 0.961. The number of rotatable bonds is 0. The lowest BCUT2D eigenvalue weighted by Gasteiger charge is -1.77. The highest BCUT2D eigenvalue weighted by Crippen LogP contribution is 1.71. The average molecular weight is 109 g/mol. The van der Waals surface area contributed by atoms with E-state index in [0.717, 1.165) is 0 Å². The van der Waals surface area contributed by atoms with Gasteiger partial charge in [-0.1, -0.05) is 6.07 Å². The fraction of sp³-hybridized carbons (Fsp3) is 0.143. The van der Waals surface area contributed by atoms with Crippen molar-refractivity contribution in [1.82, 2.24) is 0 Å². The van der Waals surface area contributed by atoms with Crippen molar-refractivity contribution in [2.45, 2.75) is 0 Å². The van der Waals surface area contributed by atoms with Crippen molar-refractivity contribution in [2.75, 3.05) is 0 Å². The molecule has 0 atom stereocenters. The number of hydrogen-bond donors (Lipinski definition) is 0. The first-order valence-corrected chi connectivity index (χ1v) is 2.30. The summed E-state index contributed by atoms with van der Waals surface area (Å²) < 4.78 is 2.00. The lowest BCUT2D eigenvalue weighted by Crippen LogP contribution is -2.25. The van der Waals surface area contributed by atoms with Crippen LogP contribution >= 0.6 is 0 Å². The molecule has 1 aromatic rings. The Balaban J connectivity index is 0.000000490. The molecular formula is C7H11N. The quantitative estimate of drug-likeness (QED) is 0.345. The number of nitrogens with zero attached hydrogens (tertiary/aromatic N) is 1. The minimum absolute atomic E-state index is 0. The monoisotopic (exact) mass is 109 g/mol. The number of pyridine rings is 1. The minimum atomic E-state index is 0. The molecule has 1 rings (SSSR count). The maximum atomic E-state index is 2.00. The second kappa shape index (κ2) is 3.19. The Morgan fingerprint density at radius 3 is 1.75 bits per heavy atom. The summed E-state index contributed by atoms with van der Waals surface area (Å²) in [6, 6.07) is 6.00. The maximum Gasteiger partial charge on any atom is 0.168 e. The summed E-state index contributed by atoms with van der Waals surface area (Å²) in [4.78, 5) is 0. The van der Waals surface area contributed by atoms with Crippen molar-refractivity contribution in [3.63, 3.8) is 0 Å². The van der Waals surface area contributed by atoms with Crippen LogP contribution in [0.25, 0.3) is 0 Å². The molecule has 1 heterocycles. The Bertz CT molecular complexity index is 134. The van der Waals surface area contributed by atoms with E-state index in [2.05, 4.69) is 0 Å². The Morgan fingerprint density at radius 1 is 1.00 bits per heavy atom. The fourth-order valence-corrected chi connectivity index (χ4v) is 0.485. The molecule has 0 saturated carbocycles. The molecule has 0 radical (unpaired) electrons. The van der Waals surface area contributed by atoms with Crippen molar-refractivity contribution < 1.29 is 4.57 Å². The third kappa shape index (κ3) is 1.73. The van der Waals surface area contributed by atoms with Crippen LogP contribution in [-0.4, -0.2) is 0 Å². The zero-order valence-corrected chi connectivity index (χ0v) is 5.33. The van der Waals surface area contributed by atoms with Crippen LogP contribution in [-0.2, 0) is 7.05 Å². The van der Waals surface area contributed by atoms with Crippen molar-refractivity contribution in [3.8, 4) is 0 Å². The van der Waals surface area contributed by atoms with Gasteiger partial charge in [-0.3, -0.25) is 0 Å². The summed E-state index contributed by atoms with van der Waals surface area (Å²) in [5.41, 5.74) is 0. The largest absolute Gasteiger partial charge is 0.358 e. The van der Waals surface area contributed by atoms with E-state index in [4.69, 9.17) is 0 Å². The highest BCUT2D eigenvalue weighted by Gasteiger charge is 1.78. The summed E-state index contributed by atoms with van der Waals surface area (Å²) >= 11 is 0. The Kier molecular flexibility index (Phi) is 2.85. The molecule has 0 unspecified atom stereocenters. The van der Waals surface area contributed by atoms with E-state index in [9.17, 15) is 0 Å². The summed E-state index contributed by atoms with van der Waals surface area (Å²) in [5, 5.41) is 0. The molecule has 44 valence electrons. The van der Waals surface area contributed by atoms with Crippen LogP contribution in [0.1, 0.15) is 0 Å². The molecule has 0 amide bonds. The van der Waals surface area contributed by atoms with Crippen LogP contribution in [0.4, 0.5) is 0 Å². The Morgan fingerprint density at radius 2 is 1.50 bits per heavy atom. The third-order valence-corrected chi connectivity index (χ3v) is 0.865. The summed E-state index contributed by atoms with van der Waals surface area (Å²) in [5.74, 6) is 0. The second-order valence-electron chi connectivity index (χ2n) is 1.54. The topological polar surface area (TPSA) is 3.88 Å². The number of hydrogen-bond acceptors (Lipinski definition) is 0. The van der Waals surface area contributed by atoms with E-state index < -0.39 is 0 Å². The normalized spacial score (nSPS) is 7.62. The van der Waals surface area contributed by atoms with Crippen molar-refractivity contribution in [3.05, 3.63) is 38.0 Å². The van der Waals surface area contributed by atoms with Crippen molar-refractivity contribution in [1.29, 1.82) is 0 Å². The molecule has 0 N–H and O–H groups in total. The van der Waals surface area contributed by atoms with Crippen LogP contribution in [0.15, 0.2) is 30.6 Å². The highest BCUT2D eigenvalue weighted by atomic mass is 14.9. The van der Waals surface area contributed by atoms with Gasteiger partial charge in [0, 0.05) is 12.1 Å². The van der Waals surface area contributed by atoms with Crippen LogP contribution in [0, 0.1) is 7.43 Å². The van der Waals surface area contributed by atoms with Gasteiger partial charge in [-0.05, 0) is 0 Å². The molecule has 8 heavy (non-hydrogen) atoms. The van der Waals surface area contributed by atoms with E-state index in [1.165, 1.54) is 0 Å². The molecule has 1 aromatic heterocycles. The lowest BCUT2D eigenvalue weighted by molar-refractivity contribution is -0.671. The van der Waals surface area contributed by atoms with Crippen LogP contribution in [0.3, 0.4) is 0 Å². The fourth-order valence-electron chi connectivity index (χ4n) is 0.485. The third-order valence-electron chi connectivity index (χ3n) is 0.865. The van der Waals surface area contributed by atoms with Gasteiger partial charge in [0.05, 0.1) is 0 Å². The van der Waals surface area contributed by atoms with E-state index >= 15 is 0 Å². The SMILES string of the molecule is C[n+]1ccccc1.[CH3-]. The molecule has 0 aliphatic rings. The second-order valence-corrected chi connectivity index (χ2v) is 1.54.